The fourth-order valence-electron chi connectivity index (χ4n) is 1.35. The molecule has 110 valence electrons. The lowest BCUT2D eigenvalue weighted by molar-refractivity contribution is -0.138. The maximum Gasteiger partial charge on any atom is 0.320 e. The van der Waals surface area contributed by atoms with Crippen LogP contribution in [0.15, 0.2) is 12.4 Å². The number of carbonyl (C=O) groups is 1. The van der Waals surface area contributed by atoms with Crippen LogP contribution in [0.2, 0.25) is 0 Å². The molecule has 0 aliphatic heterocycles. The molecule has 0 aliphatic carbocycles. The van der Waals surface area contributed by atoms with E-state index in [2.05, 4.69) is 23.4 Å². The first-order valence-corrected chi connectivity index (χ1v) is 6.68. The van der Waals surface area contributed by atoms with Crippen LogP contribution < -0.4 is 11.5 Å². The quantitative estimate of drug-likeness (QED) is 0.726. The van der Waals surface area contributed by atoms with Crippen LogP contribution in [0.25, 0.3) is 0 Å². The summed E-state index contributed by atoms with van der Waals surface area (Å²) in [5.74, 6) is 0.0611. The number of carboxylic acid groups (broad SMARTS) is 1. The van der Waals surface area contributed by atoms with Crippen molar-refractivity contribution in [2.24, 2.45) is 11.5 Å². The van der Waals surface area contributed by atoms with Gasteiger partial charge in [-0.05, 0) is 19.8 Å². The number of aromatic nitrogens is 2. The van der Waals surface area contributed by atoms with Crippen LogP contribution in [-0.4, -0.2) is 26.7 Å². The maximum atomic E-state index is 9.57. The van der Waals surface area contributed by atoms with Crippen molar-refractivity contribution in [3.05, 3.63) is 18.2 Å². The first-order chi connectivity index (χ1) is 8.93. The van der Waals surface area contributed by atoms with Gasteiger partial charge in [-0.3, -0.25) is 4.79 Å². The molecule has 0 spiro atoms. The molecule has 0 fully saturated rings. The molecule has 1 unspecified atom stereocenters. The summed E-state index contributed by atoms with van der Waals surface area (Å²) >= 11 is 0. The summed E-state index contributed by atoms with van der Waals surface area (Å²) < 4.78 is 2.16. The number of unbranched alkanes of at least 4 members (excludes halogenated alkanes) is 1. The van der Waals surface area contributed by atoms with E-state index in [1.54, 1.807) is 0 Å². The number of aliphatic carboxylic acids is 1. The summed E-state index contributed by atoms with van der Waals surface area (Å²) in [6, 6.07) is -0.642. The second kappa shape index (κ2) is 9.52. The van der Waals surface area contributed by atoms with Gasteiger partial charge >= 0.3 is 5.97 Å². The molecule has 6 heteroatoms. The maximum absolute atomic E-state index is 9.57. The lowest BCUT2D eigenvalue weighted by Crippen LogP contribution is -2.25. The van der Waals surface area contributed by atoms with Gasteiger partial charge in [0, 0.05) is 18.9 Å². The van der Waals surface area contributed by atoms with Gasteiger partial charge in [0.1, 0.15) is 11.9 Å². The van der Waals surface area contributed by atoms with E-state index in [0.717, 1.165) is 18.8 Å². The zero-order valence-electron chi connectivity index (χ0n) is 12.0. The Morgan fingerprint density at radius 3 is 2.47 bits per heavy atom. The molecule has 0 radical (unpaired) electrons. The lowest BCUT2D eigenvalue weighted by atomic mass is 10.2. The van der Waals surface area contributed by atoms with Gasteiger partial charge in [0.2, 0.25) is 0 Å². The van der Waals surface area contributed by atoms with E-state index in [9.17, 15) is 4.79 Å². The number of nitrogens with two attached hydrogens (primary N) is 2. The zero-order chi connectivity index (χ0) is 14.8. The first kappa shape index (κ1) is 17.6. The second-order valence-corrected chi connectivity index (χ2v) is 4.47. The number of nitrogens with zero attached hydrogens (tertiary/aromatic N) is 2. The van der Waals surface area contributed by atoms with Crippen LogP contribution in [0, 0.1) is 0 Å². The van der Waals surface area contributed by atoms with Gasteiger partial charge in [-0.15, -0.1) is 0 Å². The average Bonchev–Trinajstić information content (AvgIpc) is 2.84. The molecule has 0 aromatic carbocycles. The molecule has 0 amide bonds. The molecule has 2 atom stereocenters. The molecule has 19 heavy (non-hydrogen) atoms. The average molecular weight is 270 g/mol. The third-order valence-electron chi connectivity index (χ3n) is 2.66. The summed E-state index contributed by atoms with van der Waals surface area (Å²) in [5.41, 5.74) is 10.8. The van der Waals surface area contributed by atoms with E-state index in [1.807, 2.05) is 12.4 Å². The summed E-state index contributed by atoms with van der Waals surface area (Å²) in [5, 5.41) is 7.87. The number of aryl methyl sites for hydroxylation is 1. The highest BCUT2D eigenvalue weighted by Gasteiger charge is 2.09. The Hall–Kier alpha value is -1.40. The largest absolute Gasteiger partial charge is 0.480 e. The summed E-state index contributed by atoms with van der Waals surface area (Å²) in [6.07, 6.45) is 7.20. The van der Waals surface area contributed by atoms with E-state index in [-0.39, 0.29) is 6.04 Å². The number of hydrogen-bond acceptors (Lipinski definition) is 4. The van der Waals surface area contributed by atoms with E-state index in [1.165, 1.54) is 19.8 Å². The SMILES string of the molecule is CCCCn1ccnc1C(N)CC.C[C@H](N)C(=O)O. The Labute approximate surface area is 114 Å². The number of imidazole rings is 1. The van der Waals surface area contributed by atoms with Crippen LogP contribution in [0.3, 0.4) is 0 Å². The van der Waals surface area contributed by atoms with Gasteiger partial charge in [-0.2, -0.15) is 0 Å². The molecule has 1 aromatic heterocycles. The van der Waals surface area contributed by atoms with Gasteiger partial charge in [-0.1, -0.05) is 20.3 Å². The summed E-state index contributed by atoms with van der Waals surface area (Å²) in [7, 11) is 0. The highest BCUT2D eigenvalue weighted by molar-refractivity contribution is 5.72. The van der Waals surface area contributed by atoms with Crippen LogP contribution in [0.1, 0.15) is 51.9 Å². The minimum atomic E-state index is -0.963. The molecular weight excluding hydrogens is 244 g/mol. The monoisotopic (exact) mass is 270 g/mol. The normalized spacial score (nSPS) is 13.3. The van der Waals surface area contributed by atoms with Gasteiger partial charge in [0.25, 0.3) is 0 Å². The van der Waals surface area contributed by atoms with Crippen LogP contribution in [0.5, 0.6) is 0 Å². The molecule has 1 rings (SSSR count). The molecule has 0 saturated heterocycles. The number of hydrogen-bond donors (Lipinski definition) is 3. The van der Waals surface area contributed by atoms with Gasteiger partial charge in [0.05, 0.1) is 6.04 Å². The van der Waals surface area contributed by atoms with Gasteiger partial charge < -0.3 is 21.1 Å². The van der Waals surface area contributed by atoms with Gasteiger partial charge in [0.15, 0.2) is 0 Å². The van der Waals surface area contributed by atoms with E-state index < -0.39 is 12.0 Å². The number of rotatable bonds is 6. The van der Waals surface area contributed by atoms with Crippen molar-refractivity contribution in [3.8, 4) is 0 Å². The van der Waals surface area contributed by atoms with Crippen molar-refractivity contribution in [1.82, 2.24) is 9.55 Å². The smallest absolute Gasteiger partial charge is 0.320 e. The standard InChI is InChI=1S/C10H19N3.C3H7NO2/c1-3-5-7-13-8-6-12-10(13)9(11)4-2;1-2(4)3(5)6/h6,8-9H,3-5,7,11H2,1-2H3;2H,4H2,1H3,(H,5,6)/t;2-/m.0/s1. The fraction of sp³-hybridized carbons (Fsp3) is 0.692. The van der Waals surface area contributed by atoms with Crippen molar-refractivity contribution in [2.45, 2.75) is 58.7 Å². The Morgan fingerprint density at radius 1 is 1.47 bits per heavy atom. The molecule has 5 N–H and O–H groups in total. The number of carboxylic acids is 1. The highest BCUT2D eigenvalue weighted by atomic mass is 16.4. The van der Waals surface area contributed by atoms with E-state index in [4.69, 9.17) is 16.6 Å². The fourth-order valence-corrected chi connectivity index (χ4v) is 1.35. The van der Waals surface area contributed by atoms with Crippen molar-refractivity contribution >= 4 is 5.97 Å². The second-order valence-electron chi connectivity index (χ2n) is 4.47. The Bertz CT molecular complexity index is 363. The predicted octanol–water partition coefficient (Wildman–Crippen LogP) is 1.51. The highest BCUT2D eigenvalue weighted by Crippen LogP contribution is 2.11. The minimum absolute atomic E-state index is 0.0897. The minimum Gasteiger partial charge on any atom is -0.480 e. The van der Waals surface area contributed by atoms with Crippen molar-refractivity contribution in [2.75, 3.05) is 0 Å². The molecule has 6 nitrogen and oxygen atoms in total. The van der Waals surface area contributed by atoms with E-state index in [0.29, 0.717) is 0 Å². The Morgan fingerprint density at radius 2 is 2.05 bits per heavy atom. The summed E-state index contributed by atoms with van der Waals surface area (Å²) in [4.78, 5) is 13.9. The Balaban J connectivity index is 0.000000459. The van der Waals surface area contributed by atoms with Crippen LogP contribution in [-0.2, 0) is 11.3 Å². The predicted molar refractivity (Wildman–Crippen MR) is 75.6 cm³/mol. The zero-order valence-corrected chi connectivity index (χ0v) is 12.0. The van der Waals surface area contributed by atoms with Crippen molar-refractivity contribution < 1.29 is 9.90 Å². The molecule has 1 aromatic rings. The molecule has 0 aliphatic rings. The van der Waals surface area contributed by atoms with Crippen molar-refractivity contribution in [3.63, 3.8) is 0 Å². The van der Waals surface area contributed by atoms with Crippen LogP contribution >= 0.6 is 0 Å². The third kappa shape index (κ3) is 6.93. The Kier molecular flexibility index (Phi) is 8.82. The molecule has 1 heterocycles. The molecule has 0 bridgehead atoms. The van der Waals surface area contributed by atoms with Crippen molar-refractivity contribution in [1.29, 1.82) is 0 Å². The van der Waals surface area contributed by atoms with Crippen LogP contribution in [0.4, 0.5) is 0 Å². The first-order valence-electron chi connectivity index (χ1n) is 6.68. The van der Waals surface area contributed by atoms with Gasteiger partial charge in [-0.25, -0.2) is 4.98 Å². The lowest BCUT2D eigenvalue weighted by Gasteiger charge is -2.11. The summed E-state index contributed by atoms with van der Waals surface area (Å²) in [6.45, 7) is 6.74. The molecular formula is C13H26N4O2. The van der Waals surface area contributed by atoms with E-state index >= 15 is 0 Å². The molecule has 0 saturated carbocycles. The third-order valence-corrected chi connectivity index (χ3v) is 2.66. The topological polar surface area (TPSA) is 107 Å².